The van der Waals surface area contributed by atoms with Crippen LogP contribution in [0.5, 0.6) is 0 Å². The Balaban J connectivity index is 2.29. The van der Waals surface area contributed by atoms with E-state index < -0.39 is 15.9 Å². The topological polar surface area (TPSA) is 101 Å². The summed E-state index contributed by atoms with van der Waals surface area (Å²) in [5, 5.41) is 9.22. The summed E-state index contributed by atoms with van der Waals surface area (Å²) in [5.41, 5.74) is 5.43. The summed E-state index contributed by atoms with van der Waals surface area (Å²) >= 11 is 1.73. The average Bonchev–Trinajstić information content (AvgIpc) is 2.53. The molecule has 122 valence electrons. The van der Waals surface area contributed by atoms with Crippen LogP contribution in [-0.4, -0.2) is 54.4 Å². The van der Waals surface area contributed by atoms with Crippen molar-refractivity contribution >= 4 is 27.7 Å². The summed E-state index contributed by atoms with van der Waals surface area (Å²) < 4.78 is 27.0. The minimum atomic E-state index is -3.70. The highest BCUT2D eigenvalue weighted by Gasteiger charge is 2.32. The molecule has 1 amide bonds. The Kier molecular flexibility index (Phi) is 5.85. The first-order valence-electron chi connectivity index (χ1n) is 7.07. The van der Waals surface area contributed by atoms with E-state index in [1.165, 1.54) is 28.6 Å². The predicted octanol–water partition coefficient (Wildman–Crippen LogP) is 0.664. The van der Waals surface area contributed by atoms with Gasteiger partial charge in [-0.15, -0.1) is 0 Å². The van der Waals surface area contributed by atoms with Gasteiger partial charge in [-0.1, -0.05) is 0 Å². The molecule has 1 atom stereocenters. The summed E-state index contributed by atoms with van der Waals surface area (Å²) in [6.07, 6.45) is 1.76. The van der Waals surface area contributed by atoms with Crippen LogP contribution in [0.1, 0.15) is 23.2 Å². The van der Waals surface area contributed by atoms with E-state index in [-0.39, 0.29) is 29.7 Å². The molecule has 0 aliphatic carbocycles. The van der Waals surface area contributed by atoms with Crippen LogP contribution in [0.3, 0.4) is 0 Å². The van der Waals surface area contributed by atoms with Gasteiger partial charge in [-0.25, -0.2) is 8.42 Å². The van der Waals surface area contributed by atoms with Gasteiger partial charge < -0.3 is 10.8 Å². The molecule has 0 spiro atoms. The molecule has 1 heterocycles. The minimum absolute atomic E-state index is 0.0745. The van der Waals surface area contributed by atoms with Gasteiger partial charge in [0.25, 0.3) is 0 Å². The Hall–Kier alpha value is -1.09. The van der Waals surface area contributed by atoms with E-state index >= 15 is 0 Å². The molecule has 2 rings (SSSR count). The SMILES string of the molecule is NC(=O)c1ccc(S(=O)(=O)N(CCO)[C@H]2CCCSC2)cc1. The summed E-state index contributed by atoms with van der Waals surface area (Å²) in [7, 11) is -3.70. The van der Waals surface area contributed by atoms with E-state index in [1.807, 2.05) is 0 Å². The van der Waals surface area contributed by atoms with Crippen molar-refractivity contribution in [2.45, 2.75) is 23.8 Å². The van der Waals surface area contributed by atoms with Crippen LogP contribution in [0.15, 0.2) is 29.2 Å². The maximum Gasteiger partial charge on any atom is 0.248 e. The molecule has 0 saturated carbocycles. The molecule has 0 unspecified atom stereocenters. The summed E-state index contributed by atoms with van der Waals surface area (Å²) in [6, 6.07) is 5.47. The van der Waals surface area contributed by atoms with Crippen LogP contribution in [0, 0.1) is 0 Å². The van der Waals surface area contributed by atoms with Crippen molar-refractivity contribution < 1.29 is 18.3 Å². The van der Waals surface area contributed by atoms with E-state index in [0.717, 1.165) is 24.3 Å². The van der Waals surface area contributed by atoms with Crippen molar-refractivity contribution in [2.75, 3.05) is 24.7 Å². The molecule has 0 aromatic heterocycles. The standard InChI is InChI=1S/C14H20N2O4S2/c15-14(18)11-3-5-13(6-4-11)22(19,20)16(7-8-17)12-2-1-9-21-10-12/h3-6,12,17H,1-2,7-10H2,(H2,15,18)/t12-/m0/s1. The number of carbonyl (C=O) groups excluding carboxylic acids is 1. The third kappa shape index (κ3) is 3.81. The maximum absolute atomic E-state index is 12.8. The van der Waals surface area contributed by atoms with Gasteiger partial charge in [-0.05, 0) is 42.9 Å². The Morgan fingerprint density at radius 3 is 2.55 bits per heavy atom. The summed E-state index contributed by atoms with van der Waals surface area (Å²) in [5.74, 6) is 1.18. The molecule has 0 bridgehead atoms. The van der Waals surface area contributed by atoms with Gasteiger partial charge >= 0.3 is 0 Å². The molecule has 1 fully saturated rings. The molecule has 1 aliphatic heterocycles. The Bertz CT molecular complexity index is 610. The maximum atomic E-state index is 12.8. The number of primary amides is 1. The quantitative estimate of drug-likeness (QED) is 0.790. The highest BCUT2D eigenvalue weighted by atomic mass is 32.2. The van der Waals surface area contributed by atoms with E-state index in [0.29, 0.717) is 0 Å². The van der Waals surface area contributed by atoms with Gasteiger partial charge in [0.15, 0.2) is 0 Å². The van der Waals surface area contributed by atoms with Crippen molar-refractivity contribution in [1.29, 1.82) is 0 Å². The number of thioether (sulfide) groups is 1. The molecule has 6 nitrogen and oxygen atoms in total. The van der Waals surface area contributed by atoms with Crippen molar-refractivity contribution in [3.63, 3.8) is 0 Å². The third-order valence-electron chi connectivity index (χ3n) is 3.61. The fourth-order valence-corrected chi connectivity index (χ4v) is 5.37. The second kappa shape index (κ2) is 7.45. The Morgan fingerprint density at radius 1 is 1.36 bits per heavy atom. The second-order valence-electron chi connectivity index (χ2n) is 5.10. The predicted molar refractivity (Wildman–Crippen MR) is 86.3 cm³/mol. The Morgan fingerprint density at radius 2 is 2.05 bits per heavy atom. The smallest absolute Gasteiger partial charge is 0.248 e. The molecular formula is C14H20N2O4S2. The highest BCUT2D eigenvalue weighted by molar-refractivity contribution is 7.99. The number of sulfonamides is 1. The highest BCUT2D eigenvalue weighted by Crippen LogP contribution is 2.26. The van der Waals surface area contributed by atoms with E-state index in [2.05, 4.69) is 0 Å². The normalized spacial score (nSPS) is 19.3. The number of aliphatic hydroxyl groups is 1. The fourth-order valence-electron chi connectivity index (χ4n) is 2.47. The van der Waals surface area contributed by atoms with Crippen LogP contribution in [-0.2, 0) is 10.0 Å². The number of hydrogen-bond donors (Lipinski definition) is 2. The zero-order chi connectivity index (χ0) is 16.2. The van der Waals surface area contributed by atoms with Crippen LogP contribution >= 0.6 is 11.8 Å². The number of hydrogen-bond acceptors (Lipinski definition) is 5. The zero-order valence-electron chi connectivity index (χ0n) is 12.1. The van der Waals surface area contributed by atoms with Gasteiger partial charge in [0.05, 0.1) is 11.5 Å². The van der Waals surface area contributed by atoms with Crippen molar-refractivity contribution in [1.82, 2.24) is 4.31 Å². The lowest BCUT2D eigenvalue weighted by Crippen LogP contribution is -2.44. The molecule has 1 saturated heterocycles. The van der Waals surface area contributed by atoms with Crippen molar-refractivity contribution in [2.24, 2.45) is 5.73 Å². The van der Waals surface area contributed by atoms with Gasteiger partial charge in [-0.2, -0.15) is 16.1 Å². The zero-order valence-corrected chi connectivity index (χ0v) is 13.8. The molecule has 22 heavy (non-hydrogen) atoms. The van der Waals surface area contributed by atoms with E-state index in [4.69, 9.17) is 5.73 Å². The van der Waals surface area contributed by atoms with Crippen LogP contribution in [0.4, 0.5) is 0 Å². The van der Waals surface area contributed by atoms with Crippen LogP contribution in [0.2, 0.25) is 0 Å². The number of benzene rings is 1. The fraction of sp³-hybridized carbons (Fsp3) is 0.500. The van der Waals surface area contributed by atoms with E-state index in [1.54, 1.807) is 11.8 Å². The lowest BCUT2D eigenvalue weighted by Gasteiger charge is -2.32. The number of carbonyl (C=O) groups is 1. The van der Waals surface area contributed by atoms with Gasteiger partial charge in [-0.3, -0.25) is 4.79 Å². The number of nitrogens with two attached hydrogens (primary N) is 1. The van der Waals surface area contributed by atoms with Crippen molar-refractivity contribution in [3.8, 4) is 0 Å². The first kappa shape index (κ1) is 17.3. The number of amides is 1. The van der Waals surface area contributed by atoms with Crippen LogP contribution < -0.4 is 5.73 Å². The Labute approximate surface area is 134 Å². The van der Waals surface area contributed by atoms with Crippen LogP contribution in [0.25, 0.3) is 0 Å². The molecule has 8 heteroatoms. The minimum Gasteiger partial charge on any atom is -0.395 e. The summed E-state index contributed by atoms with van der Waals surface area (Å²) in [4.78, 5) is 11.2. The number of aliphatic hydroxyl groups excluding tert-OH is 1. The monoisotopic (exact) mass is 344 g/mol. The number of rotatable bonds is 6. The first-order chi connectivity index (χ1) is 10.5. The largest absolute Gasteiger partial charge is 0.395 e. The van der Waals surface area contributed by atoms with Gasteiger partial charge in [0.2, 0.25) is 15.9 Å². The van der Waals surface area contributed by atoms with Gasteiger partial charge in [0, 0.05) is 23.9 Å². The molecule has 3 N–H and O–H groups in total. The van der Waals surface area contributed by atoms with Gasteiger partial charge in [0.1, 0.15) is 0 Å². The van der Waals surface area contributed by atoms with Crippen molar-refractivity contribution in [3.05, 3.63) is 29.8 Å². The molecule has 0 radical (unpaired) electrons. The number of nitrogens with zero attached hydrogens (tertiary/aromatic N) is 1. The molecule has 1 aromatic rings. The molecular weight excluding hydrogens is 324 g/mol. The molecule has 1 aliphatic rings. The van der Waals surface area contributed by atoms with E-state index in [9.17, 15) is 18.3 Å². The first-order valence-corrected chi connectivity index (χ1v) is 9.66. The third-order valence-corrected chi connectivity index (χ3v) is 6.77. The molecule has 1 aromatic carbocycles. The summed E-state index contributed by atoms with van der Waals surface area (Å²) in [6.45, 7) is -0.148. The lowest BCUT2D eigenvalue weighted by molar-refractivity contribution is 0.1000. The average molecular weight is 344 g/mol. The second-order valence-corrected chi connectivity index (χ2v) is 8.14. The lowest BCUT2D eigenvalue weighted by atomic mass is 10.2.